The second-order valence-electron chi connectivity index (χ2n) is 6.06. The van der Waals surface area contributed by atoms with Crippen molar-refractivity contribution in [2.24, 2.45) is 5.10 Å². The summed E-state index contributed by atoms with van der Waals surface area (Å²) in [5, 5.41) is 3.92. The van der Waals surface area contributed by atoms with Gasteiger partial charge in [-0.3, -0.25) is 4.98 Å². The molecular weight excluding hydrogens is 396 g/mol. The molecule has 1 aromatic heterocycles. The summed E-state index contributed by atoms with van der Waals surface area (Å²) in [7, 11) is 0. The highest BCUT2D eigenvalue weighted by Crippen LogP contribution is 2.22. The fraction of sp³-hybridized carbons (Fsp3) is 0.235. The Labute approximate surface area is 152 Å². The number of hydrogen-bond donors (Lipinski definition) is 1. The number of halogens is 3. The number of nitrogens with zero attached hydrogens (tertiary/aromatic N) is 2. The number of carbonyl (C=O) groups excluding carboxylic acids is 1. The first-order valence-corrected chi connectivity index (χ1v) is 8.08. The van der Waals surface area contributed by atoms with Gasteiger partial charge in [-0.25, -0.2) is 19.0 Å². The van der Waals surface area contributed by atoms with E-state index in [0.717, 1.165) is 12.1 Å². The zero-order valence-corrected chi connectivity index (χ0v) is 15.4. The van der Waals surface area contributed by atoms with Gasteiger partial charge in [0, 0.05) is 23.5 Å². The first kappa shape index (κ1) is 19.0. The normalized spacial score (nSPS) is 12.0. The molecule has 2 aromatic rings. The molecule has 0 spiro atoms. The first-order chi connectivity index (χ1) is 11.7. The van der Waals surface area contributed by atoms with E-state index < -0.39 is 23.3 Å². The predicted octanol–water partition coefficient (Wildman–Crippen LogP) is 4.40. The maximum atomic E-state index is 14.3. The molecule has 1 N–H and O–H groups in total. The summed E-state index contributed by atoms with van der Waals surface area (Å²) in [6.45, 7) is 5.09. The summed E-state index contributed by atoms with van der Waals surface area (Å²) in [6, 6.07) is 5.12. The number of pyridine rings is 1. The number of ether oxygens (including phenoxy) is 1. The molecular formula is C17H16BrF2N3O2. The lowest BCUT2D eigenvalue weighted by molar-refractivity contribution is 0.0529. The maximum absolute atomic E-state index is 14.3. The minimum absolute atomic E-state index is 0.0112. The summed E-state index contributed by atoms with van der Waals surface area (Å²) in [5.74, 6) is -1.36. The quantitative estimate of drug-likeness (QED) is 0.462. The molecule has 2 rings (SSSR count). The molecule has 0 fully saturated rings. The number of benzene rings is 1. The second-order valence-corrected chi connectivity index (χ2v) is 6.91. The Hall–Kier alpha value is -2.35. The standard InChI is InChI=1S/C17H16BrF2N3O2/c1-17(2,3)25-16(24)23-22-15(10-4-6-21-7-5-10)11-8-14(20)12(18)9-13(11)19/h4-9H,1-3H3,(H,23,24)/b22-15+. The van der Waals surface area contributed by atoms with Crippen molar-refractivity contribution in [3.8, 4) is 0 Å². The molecule has 0 aliphatic carbocycles. The van der Waals surface area contributed by atoms with Crippen molar-refractivity contribution in [1.82, 2.24) is 10.4 Å². The lowest BCUT2D eigenvalue weighted by Gasteiger charge is -2.18. The van der Waals surface area contributed by atoms with Gasteiger partial charge in [-0.05, 0) is 61.0 Å². The lowest BCUT2D eigenvalue weighted by atomic mass is 10.0. The number of aromatic nitrogens is 1. The molecule has 0 bridgehead atoms. The van der Waals surface area contributed by atoms with Gasteiger partial charge in [0.1, 0.15) is 22.9 Å². The molecule has 8 heteroatoms. The van der Waals surface area contributed by atoms with Crippen LogP contribution in [0.15, 0.2) is 46.2 Å². The van der Waals surface area contributed by atoms with Gasteiger partial charge < -0.3 is 4.74 Å². The molecule has 0 aliphatic heterocycles. The first-order valence-electron chi connectivity index (χ1n) is 7.29. The van der Waals surface area contributed by atoms with Crippen LogP contribution in [0, 0.1) is 11.6 Å². The highest BCUT2D eigenvalue weighted by molar-refractivity contribution is 9.10. The fourth-order valence-corrected chi connectivity index (χ4v) is 2.21. The van der Waals surface area contributed by atoms with Crippen molar-refractivity contribution in [2.45, 2.75) is 26.4 Å². The Kier molecular flexibility index (Phi) is 5.84. The summed E-state index contributed by atoms with van der Waals surface area (Å²) in [5.41, 5.74) is 1.87. The zero-order valence-electron chi connectivity index (χ0n) is 13.8. The van der Waals surface area contributed by atoms with Gasteiger partial charge in [-0.2, -0.15) is 5.10 Å². The average Bonchev–Trinajstić information content (AvgIpc) is 2.51. The number of nitrogens with one attached hydrogen (secondary N) is 1. The van der Waals surface area contributed by atoms with Crippen molar-refractivity contribution < 1.29 is 18.3 Å². The van der Waals surface area contributed by atoms with Crippen molar-refractivity contribution in [2.75, 3.05) is 0 Å². The molecule has 1 heterocycles. The minimum Gasteiger partial charge on any atom is -0.443 e. The van der Waals surface area contributed by atoms with Crippen LogP contribution in [0.3, 0.4) is 0 Å². The van der Waals surface area contributed by atoms with Crippen LogP contribution in [0.1, 0.15) is 31.9 Å². The second kappa shape index (κ2) is 7.69. The maximum Gasteiger partial charge on any atom is 0.428 e. The van der Waals surface area contributed by atoms with E-state index in [-0.39, 0.29) is 15.7 Å². The number of amides is 1. The molecule has 0 saturated carbocycles. The van der Waals surface area contributed by atoms with E-state index in [1.165, 1.54) is 12.4 Å². The van der Waals surface area contributed by atoms with Crippen molar-refractivity contribution in [1.29, 1.82) is 0 Å². The van der Waals surface area contributed by atoms with Crippen LogP contribution < -0.4 is 5.43 Å². The number of hydrogen-bond acceptors (Lipinski definition) is 4. The van der Waals surface area contributed by atoms with Crippen LogP contribution in [0.25, 0.3) is 0 Å². The Morgan fingerprint density at radius 3 is 2.44 bits per heavy atom. The van der Waals surface area contributed by atoms with Crippen LogP contribution >= 0.6 is 15.9 Å². The van der Waals surface area contributed by atoms with Gasteiger partial charge in [0.2, 0.25) is 0 Å². The van der Waals surface area contributed by atoms with Gasteiger partial charge in [0.25, 0.3) is 0 Å². The monoisotopic (exact) mass is 411 g/mol. The van der Waals surface area contributed by atoms with Gasteiger partial charge in [-0.1, -0.05) is 0 Å². The van der Waals surface area contributed by atoms with E-state index in [2.05, 4.69) is 31.4 Å². The number of carbonyl (C=O) groups is 1. The summed E-state index contributed by atoms with van der Waals surface area (Å²) in [6.07, 6.45) is 2.15. The van der Waals surface area contributed by atoms with E-state index in [1.807, 2.05) is 0 Å². The topological polar surface area (TPSA) is 63.6 Å². The van der Waals surface area contributed by atoms with E-state index in [9.17, 15) is 13.6 Å². The third-order valence-corrected chi connectivity index (χ3v) is 3.48. The smallest absolute Gasteiger partial charge is 0.428 e. The largest absolute Gasteiger partial charge is 0.443 e. The van der Waals surface area contributed by atoms with E-state index in [0.29, 0.717) is 5.56 Å². The van der Waals surface area contributed by atoms with Crippen molar-refractivity contribution in [3.05, 3.63) is 63.9 Å². The summed E-state index contributed by atoms with van der Waals surface area (Å²) < 4.78 is 33.3. The van der Waals surface area contributed by atoms with Crippen LogP contribution in [0.5, 0.6) is 0 Å². The molecule has 25 heavy (non-hydrogen) atoms. The Morgan fingerprint density at radius 2 is 1.84 bits per heavy atom. The molecule has 132 valence electrons. The molecule has 0 atom stereocenters. The summed E-state index contributed by atoms with van der Waals surface area (Å²) in [4.78, 5) is 15.7. The van der Waals surface area contributed by atoms with Crippen LogP contribution in [-0.4, -0.2) is 22.4 Å². The lowest BCUT2D eigenvalue weighted by Crippen LogP contribution is -2.30. The number of rotatable bonds is 3. The molecule has 1 amide bonds. The third kappa shape index (κ3) is 5.32. The van der Waals surface area contributed by atoms with E-state index in [4.69, 9.17) is 4.74 Å². The average molecular weight is 412 g/mol. The van der Waals surface area contributed by atoms with Crippen molar-refractivity contribution in [3.63, 3.8) is 0 Å². The Balaban J connectivity index is 2.43. The van der Waals surface area contributed by atoms with Gasteiger partial charge >= 0.3 is 6.09 Å². The molecule has 5 nitrogen and oxygen atoms in total. The van der Waals surface area contributed by atoms with E-state index in [1.54, 1.807) is 32.9 Å². The van der Waals surface area contributed by atoms with Crippen LogP contribution in [-0.2, 0) is 4.74 Å². The molecule has 0 radical (unpaired) electrons. The SMILES string of the molecule is CC(C)(C)OC(=O)N/N=C(\c1ccncc1)c1cc(F)c(Br)cc1F. The Bertz CT molecular complexity index is 806. The van der Waals surface area contributed by atoms with Gasteiger partial charge in [0.05, 0.1) is 4.47 Å². The minimum atomic E-state index is -0.808. The fourth-order valence-electron chi connectivity index (χ4n) is 1.90. The highest BCUT2D eigenvalue weighted by atomic mass is 79.9. The molecule has 1 aromatic carbocycles. The van der Waals surface area contributed by atoms with Crippen LogP contribution in [0.4, 0.5) is 13.6 Å². The van der Waals surface area contributed by atoms with E-state index >= 15 is 0 Å². The highest BCUT2D eigenvalue weighted by Gasteiger charge is 2.18. The Morgan fingerprint density at radius 1 is 1.20 bits per heavy atom. The third-order valence-electron chi connectivity index (χ3n) is 2.88. The summed E-state index contributed by atoms with van der Waals surface area (Å²) >= 11 is 2.93. The van der Waals surface area contributed by atoms with Gasteiger partial charge in [0.15, 0.2) is 0 Å². The van der Waals surface area contributed by atoms with Gasteiger partial charge in [-0.15, -0.1) is 0 Å². The van der Waals surface area contributed by atoms with Crippen LogP contribution in [0.2, 0.25) is 0 Å². The predicted molar refractivity (Wildman–Crippen MR) is 93.3 cm³/mol. The molecule has 0 saturated heterocycles. The zero-order chi connectivity index (χ0) is 18.6. The number of hydrazone groups is 1. The molecule has 0 aliphatic rings. The van der Waals surface area contributed by atoms with Crippen molar-refractivity contribution >= 4 is 27.7 Å². The molecule has 0 unspecified atom stereocenters.